The molecule has 0 amide bonds. The highest BCUT2D eigenvalue weighted by Crippen LogP contribution is 2.33. The van der Waals surface area contributed by atoms with Gasteiger partial charge in [-0.15, -0.1) is 22.7 Å². The summed E-state index contributed by atoms with van der Waals surface area (Å²) in [4.78, 5) is 34.0. The van der Waals surface area contributed by atoms with E-state index in [9.17, 15) is 9.59 Å². The maximum absolute atomic E-state index is 13.5. The van der Waals surface area contributed by atoms with E-state index in [-0.39, 0.29) is 12.2 Å². The van der Waals surface area contributed by atoms with Crippen LogP contribution in [0.15, 0.2) is 80.3 Å². The third-order valence-corrected chi connectivity index (χ3v) is 8.30. The van der Waals surface area contributed by atoms with Crippen molar-refractivity contribution in [2.24, 2.45) is 4.99 Å². The second-order valence-corrected chi connectivity index (χ2v) is 10.6. The number of benzene rings is 1. The normalized spacial score (nSPS) is 15.9. The predicted octanol–water partition coefficient (Wildman–Crippen LogP) is 4.41. The molecule has 3 aromatic heterocycles. The van der Waals surface area contributed by atoms with Gasteiger partial charge in [-0.25, -0.2) is 9.79 Å². The van der Waals surface area contributed by atoms with E-state index in [1.807, 2.05) is 72.3 Å². The fraction of sp³-hybridized carbons (Fsp3) is 0.160. The number of nitrogens with zero attached hydrogens (tertiary/aromatic N) is 2. The van der Waals surface area contributed by atoms with Crippen LogP contribution in [-0.4, -0.2) is 10.5 Å². The van der Waals surface area contributed by atoms with Gasteiger partial charge in [0.05, 0.1) is 15.8 Å². The van der Waals surface area contributed by atoms with Crippen LogP contribution in [0.4, 0.5) is 0 Å². The molecular weight excluding hydrogens is 472 g/mol. The van der Waals surface area contributed by atoms with Crippen LogP contribution >= 0.6 is 34.0 Å². The van der Waals surface area contributed by atoms with E-state index in [1.165, 1.54) is 22.7 Å². The van der Waals surface area contributed by atoms with E-state index in [1.54, 1.807) is 22.8 Å². The highest BCUT2D eigenvalue weighted by molar-refractivity contribution is 7.11. The number of thiophene rings is 2. The highest BCUT2D eigenvalue weighted by Gasteiger charge is 2.34. The number of carbonyl (C=O) groups excluding carboxylic acids is 1. The van der Waals surface area contributed by atoms with Gasteiger partial charge < -0.3 is 4.74 Å². The summed E-state index contributed by atoms with van der Waals surface area (Å²) >= 11 is 4.46. The van der Waals surface area contributed by atoms with Gasteiger partial charge in [-0.1, -0.05) is 47.7 Å². The number of fused-ring (bicyclic) bond motifs is 1. The van der Waals surface area contributed by atoms with Crippen molar-refractivity contribution in [2.45, 2.75) is 26.5 Å². The molecule has 8 heteroatoms. The third kappa shape index (κ3) is 4.17. The van der Waals surface area contributed by atoms with Crippen LogP contribution in [0, 0.1) is 6.92 Å². The minimum absolute atomic E-state index is 0.147. The van der Waals surface area contributed by atoms with Crippen LogP contribution in [0.25, 0.3) is 6.08 Å². The number of carbonyl (C=O) groups is 1. The average Bonchev–Trinajstić information content (AvgIpc) is 3.55. The lowest BCUT2D eigenvalue weighted by atomic mass is 10.0. The standard InChI is InChI=1S/C25H20N2O3S3/c1-15-10-12-32-19(15)13-20-23(28)27-22(18-9-6-11-31-18)21(16(2)26-25(27)33-20)24(29)30-14-17-7-4-3-5-8-17/h3-13,22H,14H2,1-2H3/b20-13+/t22-/m1/s1. The lowest BCUT2D eigenvalue weighted by molar-refractivity contribution is -0.140. The summed E-state index contributed by atoms with van der Waals surface area (Å²) in [5.74, 6) is -0.457. The molecule has 166 valence electrons. The average molecular weight is 493 g/mol. The van der Waals surface area contributed by atoms with Crippen molar-refractivity contribution in [3.05, 3.63) is 111 Å². The van der Waals surface area contributed by atoms with Crippen molar-refractivity contribution in [1.82, 2.24) is 4.57 Å². The van der Waals surface area contributed by atoms with Gasteiger partial charge in [-0.05, 0) is 53.9 Å². The molecule has 0 saturated heterocycles. The fourth-order valence-corrected chi connectivity index (χ4v) is 6.54. The van der Waals surface area contributed by atoms with Crippen molar-refractivity contribution in [1.29, 1.82) is 0 Å². The molecule has 0 unspecified atom stereocenters. The van der Waals surface area contributed by atoms with Crippen LogP contribution in [-0.2, 0) is 16.1 Å². The van der Waals surface area contributed by atoms with Crippen molar-refractivity contribution >= 4 is 46.1 Å². The molecule has 0 radical (unpaired) electrons. The zero-order valence-electron chi connectivity index (χ0n) is 18.0. The Hall–Kier alpha value is -3.07. The zero-order valence-corrected chi connectivity index (χ0v) is 20.4. The molecule has 0 fully saturated rings. The first kappa shape index (κ1) is 21.8. The first-order valence-electron chi connectivity index (χ1n) is 10.3. The first-order chi connectivity index (χ1) is 16.0. The number of hydrogen-bond acceptors (Lipinski definition) is 7. The Morgan fingerprint density at radius 1 is 1.09 bits per heavy atom. The van der Waals surface area contributed by atoms with Crippen molar-refractivity contribution in [3.63, 3.8) is 0 Å². The molecule has 4 heterocycles. The summed E-state index contributed by atoms with van der Waals surface area (Å²) in [5, 5.41) is 3.96. The van der Waals surface area contributed by atoms with E-state index < -0.39 is 12.0 Å². The lowest BCUT2D eigenvalue weighted by Crippen LogP contribution is -2.39. The van der Waals surface area contributed by atoms with Crippen molar-refractivity contribution in [2.75, 3.05) is 0 Å². The summed E-state index contributed by atoms with van der Waals surface area (Å²) in [6.07, 6.45) is 1.92. The van der Waals surface area contributed by atoms with Gasteiger partial charge >= 0.3 is 5.97 Å². The molecule has 5 nitrogen and oxygen atoms in total. The minimum atomic E-state index is -0.559. The molecule has 0 bridgehead atoms. The summed E-state index contributed by atoms with van der Waals surface area (Å²) in [7, 11) is 0. The smallest absolute Gasteiger partial charge is 0.338 e. The molecule has 1 aliphatic heterocycles. The number of hydrogen-bond donors (Lipinski definition) is 0. The molecule has 0 N–H and O–H groups in total. The molecule has 4 aromatic rings. The van der Waals surface area contributed by atoms with Gasteiger partial charge in [-0.3, -0.25) is 9.36 Å². The Balaban J connectivity index is 1.59. The quantitative estimate of drug-likeness (QED) is 0.388. The second-order valence-electron chi connectivity index (χ2n) is 7.63. The Kier molecular flexibility index (Phi) is 5.97. The largest absolute Gasteiger partial charge is 0.457 e. The van der Waals surface area contributed by atoms with E-state index in [2.05, 4.69) is 4.99 Å². The maximum Gasteiger partial charge on any atom is 0.338 e. The van der Waals surface area contributed by atoms with Crippen LogP contribution < -0.4 is 14.9 Å². The van der Waals surface area contributed by atoms with Gasteiger partial charge in [0, 0.05) is 9.75 Å². The first-order valence-corrected chi connectivity index (χ1v) is 12.9. The van der Waals surface area contributed by atoms with Gasteiger partial charge in [-0.2, -0.15) is 0 Å². The summed E-state index contributed by atoms with van der Waals surface area (Å²) < 4.78 is 7.90. The van der Waals surface area contributed by atoms with Crippen LogP contribution in [0.1, 0.15) is 33.8 Å². The Labute approximate surface area is 202 Å². The zero-order chi connectivity index (χ0) is 22.9. The molecule has 0 saturated carbocycles. The number of aryl methyl sites for hydroxylation is 1. The number of ether oxygens (including phenoxy) is 1. The number of esters is 1. The lowest BCUT2D eigenvalue weighted by Gasteiger charge is -2.23. The van der Waals surface area contributed by atoms with Crippen molar-refractivity contribution in [3.8, 4) is 0 Å². The number of allylic oxidation sites excluding steroid dienone is 1. The molecule has 1 aromatic carbocycles. The van der Waals surface area contributed by atoms with Gasteiger partial charge in [0.2, 0.25) is 0 Å². The van der Waals surface area contributed by atoms with E-state index in [4.69, 9.17) is 4.74 Å². The molecule has 1 atom stereocenters. The Morgan fingerprint density at radius 3 is 2.61 bits per heavy atom. The Bertz CT molecular complexity index is 1520. The highest BCUT2D eigenvalue weighted by atomic mass is 32.1. The van der Waals surface area contributed by atoms with Crippen LogP contribution in [0.2, 0.25) is 0 Å². The minimum Gasteiger partial charge on any atom is -0.457 e. The molecule has 0 aliphatic carbocycles. The SMILES string of the molecule is CC1=C(C(=O)OCc2ccccc2)[C@@H](c2cccs2)n2c(s/c(=C/c3sccc3C)c2=O)=N1. The molecule has 1 aliphatic rings. The summed E-state index contributed by atoms with van der Waals surface area (Å²) in [6, 6.07) is 14.9. The summed E-state index contributed by atoms with van der Waals surface area (Å²) in [6.45, 7) is 3.99. The van der Waals surface area contributed by atoms with Crippen LogP contribution in [0.3, 0.4) is 0 Å². The van der Waals surface area contributed by atoms with E-state index in [0.717, 1.165) is 20.9 Å². The summed E-state index contributed by atoms with van der Waals surface area (Å²) in [5.41, 5.74) is 2.86. The van der Waals surface area contributed by atoms with Gasteiger partial charge in [0.1, 0.15) is 12.6 Å². The van der Waals surface area contributed by atoms with Crippen LogP contribution in [0.5, 0.6) is 0 Å². The topological polar surface area (TPSA) is 60.7 Å². The third-order valence-electron chi connectivity index (χ3n) is 5.43. The molecule has 5 rings (SSSR count). The number of rotatable bonds is 5. The molecular formula is C25H20N2O3S3. The van der Waals surface area contributed by atoms with Crippen molar-refractivity contribution < 1.29 is 9.53 Å². The predicted molar refractivity (Wildman–Crippen MR) is 133 cm³/mol. The van der Waals surface area contributed by atoms with Gasteiger partial charge in [0.25, 0.3) is 5.56 Å². The molecule has 33 heavy (non-hydrogen) atoms. The number of thiazole rings is 1. The fourth-order valence-electron chi connectivity index (χ4n) is 3.75. The Morgan fingerprint density at radius 2 is 1.91 bits per heavy atom. The second kappa shape index (κ2) is 9.05. The monoisotopic (exact) mass is 492 g/mol. The van der Waals surface area contributed by atoms with Gasteiger partial charge in [0.15, 0.2) is 4.80 Å². The number of aromatic nitrogens is 1. The molecule has 0 spiro atoms. The van der Waals surface area contributed by atoms with E-state index in [0.29, 0.717) is 20.6 Å². The maximum atomic E-state index is 13.5. The van der Waals surface area contributed by atoms with E-state index >= 15 is 0 Å².